The third-order valence-electron chi connectivity index (χ3n) is 4.18. The molecule has 2 unspecified atom stereocenters. The van der Waals surface area contributed by atoms with Crippen molar-refractivity contribution in [3.8, 4) is 5.75 Å². The van der Waals surface area contributed by atoms with Gasteiger partial charge in [0.1, 0.15) is 5.75 Å². The van der Waals surface area contributed by atoms with E-state index in [9.17, 15) is 15.0 Å². The smallest absolute Gasteiger partial charge is 0.226 e. The van der Waals surface area contributed by atoms with Crippen LogP contribution in [0.4, 0.5) is 0 Å². The first-order chi connectivity index (χ1) is 9.97. The summed E-state index contributed by atoms with van der Waals surface area (Å²) in [6.45, 7) is 0.579. The molecule has 2 atom stereocenters. The van der Waals surface area contributed by atoms with E-state index in [-0.39, 0.29) is 30.1 Å². The number of aliphatic hydroxyl groups excluding tert-OH is 1. The van der Waals surface area contributed by atoms with Crippen LogP contribution in [-0.4, -0.2) is 40.7 Å². The maximum absolute atomic E-state index is 12.3. The number of likely N-dealkylation sites (N-methyl/N-ethyl adjacent to an activating group) is 1. The summed E-state index contributed by atoms with van der Waals surface area (Å²) in [6, 6.07) is 4.63. The minimum absolute atomic E-state index is 0.0274. The second-order valence-electron chi connectivity index (χ2n) is 5.84. The van der Waals surface area contributed by atoms with E-state index in [0.29, 0.717) is 17.1 Å². The molecule has 21 heavy (non-hydrogen) atoms. The molecule has 1 saturated carbocycles. The van der Waals surface area contributed by atoms with Gasteiger partial charge < -0.3 is 15.1 Å². The van der Waals surface area contributed by atoms with Gasteiger partial charge in [0.05, 0.1) is 12.5 Å². The molecular weight excluding hydrogens is 290 g/mol. The highest BCUT2D eigenvalue weighted by atomic mass is 35.5. The summed E-state index contributed by atoms with van der Waals surface area (Å²) in [5.41, 5.74) is 0.704. The number of phenols is 1. The molecule has 1 amide bonds. The Bertz CT molecular complexity index is 506. The van der Waals surface area contributed by atoms with E-state index < -0.39 is 0 Å². The van der Waals surface area contributed by atoms with Crippen molar-refractivity contribution in [1.29, 1.82) is 0 Å². The van der Waals surface area contributed by atoms with Crippen LogP contribution in [0.1, 0.15) is 31.2 Å². The Labute approximate surface area is 130 Å². The van der Waals surface area contributed by atoms with Crippen molar-refractivity contribution in [1.82, 2.24) is 4.90 Å². The summed E-state index contributed by atoms with van der Waals surface area (Å²) in [5, 5.41) is 19.7. The highest BCUT2D eigenvalue weighted by molar-refractivity contribution is 6.31. The van der Waals surface area contributed by atoms with Gasteiger partial charge in [-0.05, 0) is 30.5 Å². The minimum atomic E-state index is -0.300. The summed E-state index contributed by atoms with van der Waals surface area (Å²) in [4.78, 5) is 13.9. The lowest BCUT2D eigenvalue weighted by Crippen LogP contribution is -2.38. The van der Waals surface area contributed by atoms with E-state index in [0.717, 1.165) is 25.7 Å². The normalized spacial score (nSPS) is 22.0. The highest BCUT2D eigenvalue weighted by Crippen LogP contribution is 2.26. The lowest BCUT2D eigenvalue weighted by Gasteiger charge is -2.31. The van der Waals surface area contributed by atoms with Crippen molar-refractivity contribution in [2.45, 2.75) is 38.2 Å². The molecule has 0 bridgehead atoms. The van der Waals surface area contributed by atoms with Crippen molar-refractivity contribution in [3.05, 3.63) is 28.8 Å². The number of nitrogens with zero attached hydrogens (tertiary/aromatic N) is 1. The van der Waals surface area contributed by atoms with Gasteiger partial charge in [-0.2, -0.15) is 0 Å². The minimum Gasteiger partial charge on any atom is -0.508 e. The molecule has 116 valence electrons. The summed E-state index contributed by atoms with van der Waals surface area (Å²) in [6.07, 6.45) is 3.89. The van der Waals surface area contributed by atoms with Gasteiger partial charge in [0, 0.05) is 24.5 Å². The average Bonchev–Trinajstić information content (AvgIpc) is 2.44. The molecule has 1 fully saturated rings. The molecule has 0 radical (unpaired) electrons. The van der Waals surface area contributed by atoms with Crippen LogP contribution in [0, 0.1) is 5.92 Å². The topological polar surface area (TPSA) is 60.8 Å². The Kier molecular flexibility index (Phi) is 5.48. The molecule has 2 rings (SSSR count). The highest BCUT2D eigenvalue weighted by Gasteiger charge is 2.25. The zero-order valence-corrected chi connectivity index (χ0v) is 13.0. The molecule has 0 aliphatic heterocycles. The van der Waals surface area contributed by atoms with Gasteiger partial charge in [-0.1, -0.05) is 30.5 Å². The largest absolute Gasteiger partial charge is 0.508 e. The van der Waals surface area contributed by atoms with Crippen LogP contribution in [-0.2, 0) is 11.2 Å². The van der Waals surface area contributed by atoms with Gasteiger partial charge in [0.15, 0.2) is 0 Å². The average molecular weight is 312 g/mol. The number of benzene rings is 1. The van der Waals surface area contributed by atoms with Crippen LogP contribution < -0.4 is 0 Å². The van der Waals surface area contributed by atoms with Crippen LogP contribution >= 0.6 is 11.6 Å². The molecule has 2 N–H and O–H groups in total. The van der Waals surface area contributed by atoms with Crippen molar-refractivity contribution in [3.63, 3.8) is 0 Å². The third kappa shape index (κ3) is 4.35. The van der Waals surface area contributed by atoms with Gasteiger partial charge in [-0.3, -0.25) is 4.79 Å². The maximum atomic E-state index is 12.3. The van der Waals surface area contributed by atoms with Crippen LogP contribution in [0.15, 0.2) is 18.2 Å². The van der Waals surface area contributed by atoms with E-state index in [4.69, 9.17) is 11.6 Å². The molecule has 1 aliphatic rings. The zero-order valence-electron chi connectivity index (χ0n) is 12.3. The third-order valence-corrected chi connectivity index (χ3v) is 4.53. The van der Waals surface area contributed by atoms with Crippen molar-refractivity contribution in [2.75, 3.05) is 13.6 Å². The second kappa shape index (κ2) is 7.14. The predicted molar refractivity (Wildman–Crippen MR) is 82.4 cm³/mol. The number of amides is 1. The number of aromatic hydroxyl groups is 1. The molecule has 0 spiro atoms. The lowest BCUT2D eigenvalue weighted by atomic mass is 9.86. The van der Waals surface area contributed by atoms with Gasteiger partial charge in [-0.25, -0.2) is 0 Å². The molecule has 1 aliphatic carbocycles. The fraction of sp³-hybridized carbons (Fsp3) is 0.562. The Morgan fingerprint density at radius 2 is 2.10 bits per heavy atom. The predicted octanol–water partition coefficient (Wildman–Crippen LogP) is 2.60. The molecule has 1 aromatic rings. The number of hydrogen-bond donors (Lipinski definition) is 2. The SMILES string of the molecule is CN(CC1CCCCC1O)C(=O)Cc1ccc(O)cc1Cl. The number of rotatable bonds is 4. The number of hydrogen-bond acceptors (Lipinski definition) is 3. The van der Waals surface area contributed by atoms with Gasteiger partial charge >= 0.3 is 0 Å². The van der Waals surface area contributed by atoms with E-state index in [1.54, 1.807) is 18.0 Å². The molecule has 0 saturated heterocycles. The van der Waals surface area contributed by atoms with Gasteiger partial charge in [-0.15, -0.1) is 0 Å². The molecule has 1 aromatic carbocycles. The van der Waals surface area contributed by atoms with Crippen LogP contribution in [0.5, 0.6) is 5.75 Å². The monoisotopic (exact) mass is 311 g/mol. The van der Waals surface area contributed by atoms with Crippen molar-refractivity contribution < 1.29 is 15.0 Å². The fourth-order valence-corrected chi connectivity index (χ4v) is 3.07. The molecule has 4 nitrogen and oxygen atoms in total. The fourth-order valence-electron chi connectivity index (χ4n) is 2.83. The number of phenolic OH excluding ortho intramolecular Hbond substituents is 1. The van der Waals surface area contributed by atoms with Crippen LogP contribution in [0.2, 0.25) is 5.02 Å². The second-order valence-corrected chi connectivity index (χ2v) is 6.25. The Hall–Kier alpha value is -1.26. The van der Waals surface area contributed by atoms with Crippen molar-refractivity contribution >= 4 is 17.5 Å². The van der Waals surface area contributed by atoms with E-state index in [1.807, 2.05) is 0 Å². The molecular formula is C16H22ClNO3. The summed E-state index contributed by atoms with van der Waals surface area (Å²) >= 11 is 6.02. The summed E-state index contributed by atoms with van der Waals surface area (Å²) < 4.78 is 0. The lowest BCUT2D eigenvalue weighted by molar-refractivity contribution is -0.130. The number of carbonyl (C=O) groups is 1. The number of carbonyl (C=O) groups excluding carboxylic acids is 1. The van der Waals surface area contributed by atoms with Gasteiger partial charge in [0.25, 0.3) is 0 Å². The summed E-state index contributed by atoms with van der Waals surface area (Å²) in [5.74, 6) is 0.234. The Morgan fingerprint density at radius 1 is 1.38 bits per heavy atom. The van der Waals surface area contributed by atoms with E-state index in [1.165, 1.54) is 12.1 Å². The first kappa shape index (κ1) is 16.1. The first-order valence-corrected chi connectivity index (χ1v) is 7.74. The summed E-state index contributed by atoms with van der Waals surface area (Å²) in [7, 11) is 1.76. The maximum Gasteiger partial charge on any atom is 0.226 e. The van der Waals surface area contributed by atoms with Crippen molar-refractivity contribution in [2.24, 2.45) is 5.92 Å². The first-order valence-electron chi connectivity index (χ1n) is 7.37. The standard InChI is InChI=1S/C16H22ClNO3/c1-18(10-12-4-2-3-5-15(12)20)16(21)8-11-6-7-13(19)9-14(11)17/h6-7,9,12,15,19-20H,2-5,8,10H2,1H3. The molecule has 5 heteroatoms. The van der Waals surface area contributed by atoms with Gasteiger partial charge in [0.2, 0.25) is 5.91 Å². The number of halogens is 1. The Morgan fingerprint density at radius 3 is 2.76 bits per heavy atom. The van der Waals surface area contributed by atoms with E-state index in [2.05, 4.69) is 0 Å². The quantitative estimate of drug-likeness (QED) is 0.898. The van der Waals surface area contributed by atoms with Crippen LogP contribution in [0.25, 0.3) is 0 Å². The number of aliphatic hydroxyl groups is 1. The molecule has 0 aromatic heterocycles. The Balaban J connectivity index is 1.92. The molecule has 0 heterocycles. The zero-order chi connectivity index (χ0) is 15.4. The van der Waals surface area contributed by atoms with Crippen LogP contribution in [0.3, 0.4) is 0 Å². The van der Waals surface area contributed by atoms with E-state index >= 15 is 0 Å².